The lowest BCUT2D eigenvalue weighted by molar-refractivity contribution is -0.137. The lowest BCUT2D eigenvalue weighted by Crippen LogP contribution is -2.33. The molecule has 29 heavy (non-hydrogen) atoms. The van der Waals surface area contributed by atoms with E-state index in [9.17, 15) is 9.59 Å². The molecule has 0 atom stereocenters. The van der Waals surface area contributed by atoms with Crippen LogP contribution < -0.4 is 10.1 Å². The Morgan fingerprint density at radius 1 is 1.07 bits per heavy atom. The predicted octanol–water partition coefficient (Wildman–Crippen LogP) is 4.16. The van der Waals surface area contributed by atoms with E-state index < -0.39 is 0 Å². The van der Waals surface area contributed by atoms with Crippen LogP contribution in [0, 0.1) is 0 Å². The highest BCUT2D eigenvalue weighted by molar-refractivity contribution is 7.11. The Hall–Kier alpha value is -2.64. The van der Waals surface area contributed by atoms with Crippen molar-refractivity contribution in [2.45, 2.75) is 26.7 Å². The van der Waals surface area contributed by atoms with Crippen LogP contribution in [-0.4, -0.2) is 43.1 Å². The molecule has 0 saturated carbocycles. The van der Waals surface area contributed by atoms with Crippen LogP contribution in [-0.2, 0) is 14.3 Å². The first-order valence-electron chi connectivity index (χ1n) is 9.87. The van der Waals surface area contributed by atoms with E-state index in [4.69, 9.17) is 9.47 Å². The van der Waals surface area contributed by atoms with E-state index in [0.29, 0.717) is 49.7 Å². The number of hydrogen-bond acceptors (Lipinski definition) is 6. The Morgan fingerprint density at radius 2 is 1.93 bits per heavy atom. The van der Waals surface area contributed by atoms with E-state index in [0.717, 1.165) is 17.0 Å². The molecular weight excluding hydrogens is 388 g/mol. The van der Waals surface area contributed by atoms with E-state index in [1.54, 1.807) is 0 Å². The zero-order chi connectivity index (χ0) is 20.6. The highest BCUT2D eigenvalue weighted by Crippen LogP contribution is 2.33. The number of benzene rings is 1. The highest BCUT2D eigenvalue weighted by atomic mass is 32.1. The summed E-state index contributed by atoms with van der Waals surface area (Å²) in [5.74, 6) is 0.144. The summed E-state index contributed by atoms with van der Waals surface area (Å²) in [6.45, 7) is 6.05. The molecule has 6 nitrogen and oxygen atoms in total. The van der Waals surface area contributed by atoms with Crippen LogP contribution in [0.5, 0.6) is 5.75 Å². The molecule has 0 aliphatic carbocycles. The third-order valence-corrected chi connectivity index (χ3v) is 5.27. The summed E-state index contributed by atoms with van der Waals surface area (Å²) in [6.07, 6.45) is 1.52. The zero-order valence-corrected chi connectivity index (χ0v) is 17.6. The Kier molecular flexibility index (Phi) is 7.43. The number of nitrogens with one attached hydrogen (secondary N) is 1. The van der Waals surface area contributed by atoms with Crippen molar-refractivity contribution in [3.63, 3.8) is 0 Å². The van der Waals surface area contributed by atoms with E-state index >= 15 is 0 Å². The van der Waals surface area contributed by atoms with Crippen molar-refractivity contribution >= 4 is 34.4 Å². The van der Waals surface area contributed by atoms with Gasteiger partial charge in [-0.3, -0.25) is 14.5 Å². The van der Waals surface area contributed by atoms with E-state index in [1.807, 2.05) is 55.6 Å². The summed E-state index contributed by atoms with van der Waals surface area (Å²) >= 11 is 1.44. The third kappa shape index (κ3) is 5.05. The van der Waals surface area contributed by atoms with Gasteiger partial charge in [0.05, 0.1) is 12.2 Å². The van der Waals surface area contributed by atoms with Gasteiger partial charge in [0, 0.05) is 36.4 Å². The van der Waals surface area contributed by atoms with Crippen LogP contribution in [0.4, 0.5) is 5.69 Å². The number of amides is 2. The van der Waals surface area contributed by atoms with Crippen molar-refractivity contribution in [2.75, 3.05) is 31.7 Å². The number of carbonyl (C=O) groups excluding carboxylic acids is 2. The van der Waals surface area contributed by atoms with Gasteiger partial charge in [0.2, 0.25) is 0 Å². The second kappa shape index (κ2) is 10.2. The summed E-state index contributed by atoms with van der Waals surface area (Å²) in [5, 5.41) is 5.07. The number of anilines is 1. The van der Waals surface area contributed by atoms with Gasteiger partial charge in [-0.2, -0.15) is 0 Å². The van der Waals surface area contributed by atoms with Crippen LogP contribution in [0.1, 0.15) is 31.6 Å². The molecule has 0 unspecified atom stereocenters. The van der Waals surface area contributed by atoms with Crippen molar-refractivity contribution in [2.24, 2.45) is 0 Å². The molecule has 1 aromatic heterocycles. The SMILES string of the molecule is CCCOc1cccc(NC2=C(c3cccs3)C(=O)N(CCCOCC)C2=O)c1. The van der Waals surface area contributed by atoms with Gasteiger partial charge in [-0.05, 0) is 43.3 Å². The van der Waals surface area contributed by atoms with Gasteiger partial charge in [-0.25, -0.2) is 0 Å². The van der Waals surface area contributed by atoms with Crippen molar-refractivity contribution < 1.29 is 19.1 Å². The highest BCUT2D eigenvalue weighted by Gasteiger charge is 2.39. The first-order chi connectivity index (χ1) is 14.2. The normalized spacial score (nSPS) is 14.1. The quantitative estimate of drug-likeness (QED) is 0.442. The van der Waals surface area contributed by atoms with Crippen molar-refractivity contribution in [3.8, 4) is 5.75 Å². The van der Waals surface area contributed by atoms with Gasteiger partial charge in [0.1, 0.15) is 11.4 Å². The minimum absolute atomic E-state index is 0.269. The number of ether oxygens (including phenoxy) is 2. The third-order valence-electron chi connectivity index (χ3n) is 4.39. The minimum atomic E-state index is -0.310. The minimum Gasteiger partial charge on any atom is -0.494 e. The largest absolute Gasteiger partial charge is 0.494 e. The maximum atomic E-state index is 13.1. The van der Waals surface area contributed by atoms with Crippen molar-refractivity contribution in [1.82, 2.24) is 4.90 Å². The molecule has 1 aliphatic heterocycles. The van der Waals surface area contributed by atoms with Crippen molar-refractivity contribution in [3.05, 3.63) is 52.4 Å². The fraction of sp³-hybridized carbons (Fsp3) is 0.364. The second-order valence-electron chi connectivity index (χ2n) is 6.54. The van der Waals surface area contributed by atoms with Crippen LogP contribution in [0.25, 0.3) is 5.57 Å². The standard InChI is InChI=1S/C22H26N2O4S/c1-3-12-28-17-9-5-8-16(15-17)23-20-19(18-10-6-14-29-18)21(25)24(22(20)26)11-7-13-27-4-2/h5-6,8-10,14-15,23H,3-4,7,11-13H2,1-2H3. The number of thiophene rings is 1. The molecule has 2 amide bonds. The Balaban J connectivity index is 1.84. The van der Waals surface area contributed by atoms with Gasteiger partial charge >= 0.3 is 0 Å². The first kappa shape index (κ1) is 21.1. The topological polar surface area (TPSA) is 67.9 Å². The maximum absolute atomic E-state index is 13.1. The number of hydrogen-bond donors (Lipinski definition) is 1. The summed E-state index contributed by atoms with van der Waals surface area (Å²) in [7, 11) is 0. The molecule has 3 rings (SSSR count). The molecule has 1 aliphatic rings. The summed E-state index contributed by atoms with van der Waals surface area (Å²) < 4.78 is 11.0. The molecule has 2 heterocycles. The number of nitrogens with zero attached hydrogens (tertiary/aromatic N) is 1. The predicted molar refractivity (Wildman–Crippen MR) is 115 cm³/mol. The lowest BCUT2D eigenvalue weighted by atomic mass is 10.2. The second-order valence-corrected chi connectivity index (χ2v) is 7.49. The van der Waals surface area contributed by atoms with E-state index in [1.165, 1.54) is 16.2 Å². The molecule has 1 aromatic carbocycles. The molecule has 1 N–H and O–H groups in total. The first-order valence-corrected chi connectivity index (χ1v) is 10.8. The molecule has 0 radical (unpaired) electrons. The molecule has 0 saturated heterocycles. The Morgan fingerprint density at radius 3 is 2.66 bits per heavy atom. The average Bonchev–Trinajstić information content (AvgIpc) is 3.32. The molecule has 0 fully saturated rings. The van der Waals surface area contributed by atoms with Gasteiger partial charge in [0.15, 0.2) is 0 Å². The van der Waals surface area contributed by atoms with Crippen LogP contribution >= 0.6 is 11.3 Å². The Bertz CT molecular complexity index is 877. The van der Waals surface area contributed by atoms with Crippen LogP contribution in [0.3, 0.4) is 0 Å². The van der Waals surface area contributed by atoms with Gasteiger partial charge in [-0.15, -0.1) is 11.3 Å². The Labute approximate surface area is 175 Å². The summed E-state index contributed by atoms with van der Waals surface area (Å²) in [5.41, 5.74) is 1.43. The number of imide groups is 1. The monoisotopic (exact) mass is 414 g/mol. The van der Waals surface area contributed by atoms with Crippen LogP contribution in [0.15, 0.2) is 47.5 Å². The summed E-state index contributed by atoms with van der Waals surface area (Å²) in [6, 6.07) is 11.2. The van der Waals surface area contributed by atoms with Gasteiger partial charge < -0.3 is 14.8 Å². The smallest absolute Gasteiger partial charge is 0.278 e. The maximum Gasteiger partial charge on any atom is 0.278 e. The van der Waals surface area contributed by atoms with E-state index in [-0.39, 0.29) is 11.8 Å². The molecule has 7 heteroatoms. The lowest BCUT2D eigenvalue weighted by Gasteiger charge is -2.15. The van der Waals surface area contributed by atoms with Gasteiger partial charge in [-0.1, -0.05) is 19.1 Å². The molecule has 154 valence electrons. The van der Waals surface area contributed by atoms with E-state index in [2.05, 4.69) is 5.32 Å². The fourth-order valence-corrected chi connectivity index (χ4v) is 3.81. The molecule has 0 spiro atoms. The number of rotatable bonds is 11. The number of carbonyl (C=O) groups is 2. The fourth-order valence-electron chi connectivity index (χ4n) is 3.04. The zero-order valence-electron chi connectivity index (χ0n) is 16.8. The molecule has 2 aromatic rings. The molecular formula is C22H26N2O4S. The summed E-state index contributed by atoms with van der Waals surface area (Å²) in [4.78, 5) is 28.2. The van der Waals surface area contributed by atoms with Crippen molar-refractivity contribution in [1.29, 1.82) is 0 Å². The van der Waals surface area contributed by atoms with Gasteiger partial charge in [0.25, 0.3) is 11.8 Å². The van der Waals surface area contributed by atoms with Crippen LogP contribution in [0.2, 0.25) is 0 Å². The average molecular weight is 415 g/mol. The molecule has 0 bridgehead atoms.